The van der Waals surface area contributed by atoms with Gasteiger partial charge in [-0.05, 0) is 37.0 Å². The molecule has 1 aliphatic carbocycles. The van der Waals surface area contributed by atoms with E-state index in [4.69, 9.17) is 5.11 Å². The van der Waals surface area contributed by atoms with Crippen molar-refractivity contribution in [3.63, 3.8) is 0 Å². The smallest absolute Gasteiger partial charge is 0.303 e. The maximum absolute atomic E-state index is 12.5. The van der Waals surface area contributed by atoms with Crippen LogP contribution >= 0.6 is 0 Å². The lowest BCUT2D eigenvalue weighted by molar-refractivity contribution is -0.136. The average molecular weight is 297 g/mol. The van der Waals surface area contributed by atoms with Gasteiger partial charge in [0.25, 0.3) is 0 Å². The Hall–Kier alpha value is -1.40. The average Bonchev–Trinajstić information content (AvgIpc) is 3.22. The molecule has 5 nitrogen and oxygen atoms in total. The number of nitrogens with zero attached hydrogens (tertiary/aromatic N) is 1. The quantitative estimate of drug-likeness (QED) is 0.834. The molecule has 6 heteroatoms. The number of sulfonamides is 1. The van der Waals surface area contributed by atoms with Crippen LogP contribution in [0.3, 0.4) is 0 Å². The Morgan fingerprint density at radius 1 is 1.30 bits per heavy atom. The van der Waals surface area contributed by atoms with Crippen LogP contribution in [0.4, 0.5) is 0 Å². The molecule has 0 spiro atoms. The molecule has 0 aliphatic heterocycles. The predicted octanol–water partition coefficient (Wildman–Crippen LogP) is 1.88. The van der Waals surface area contributed by atoms with E-state index in [0.29, 0.717) is 13.0 Å². The second-order valence-corrected chi connectivity index (χ2v) is 6.87. The standard InChI is InChI=1S/C14H19NO4S/c1-2-15(12-6-7-12)20(18,19)13-8-3-11(4-9-13)5-10-14(16)17/h3-4,8-9,12H,2,5-7,10H2,1H3,(H,16,17). The Labute approximate surface area is 119 Å². The molecule has 1 aromatic rings. The van der Waals surface area contributed by atoms with Gasteiger partial charge in [0.05, 0.1) is 4.90 Å². The molecule has 110 valence electrons. The zero-order valence-corrected chi connectivity index (χ0v) is 12.3. The van der Waals surface area contributed by atoms with Gasteiger partial charge >= 0.3 is 5.97 Å². The number of carboxylic acid groups (broad SMARTS) is 1. The van der Waals surface area contributed by atoms with Gasteiger partial charge in [0, 0.05) is 19.0 Å². The topological polar surface area (TPSA) is 74.7 Å². The molecule has 0 heterocycles. The lowest BCUT2D eigenvalue weighted by atomic mass is 10.1. The molecule has 20 heavy (non-hydrogen) atoms. The second-order valence-electron chi connectivity index (χ2n) is 4.98. The Balaban J connectivity index is 2.14. The first-order valence-corrected chi connectivity index (χ1v) is 8.21. The van der Waals surface area contributed by atoms with Crippen molar-refractivity contribution in [3.05, 3.63) is 29.8 Å². The molecule has 0 amide bonds. The highest BCUT2D eigenvalue weighted by Crippen LogP contribution is 2.31. The van der Waals surface area contributed by atoms with Gasteiger partial charge in [-0.2, -0.15) is 4.31 Å². The van der Waals surface area contributed by atoms with Gasteiger partial charge in [0.1, 0.15) is 0 Å². The third-order valence-corrected chi connectivity index (χ3v) is 5.46. The van der Waals surface area contributed by atoms with E-state index in [1.54, 1.807) is 28.6 Å². The van der Waals surface area contributed by atoms with Gasteiger partial charge in [-0.1, -0.05) is 19.1 Å². The normalized spacial score (nSPS) is 15.5. The van der Waals surface area contributed by atoms with Gasteiger partial charge in [-0.3, -0.25) is 4.79 Å². The van der Waals surface area contributed by atoms with Crippen molar-refractivity contribution in [1.82, 2.24) is 4.31 Å². The summed E-state index contributed by atoms with van der Waals surface area (Å²) >= 11 is 0. The monoisotopic (exact) mass is 297 g/mol. The number of carboxylic acids is 1. The Morgan fingerprint density at radius 3 is 2.35 bits per heavy atom. The number of aryl methyl sites for hydroxylation is 1. The van der Waals surface area contributed by atoms with Crippen molar-refractivity contribution in [3.8, 4) is 0 Å². The lowest BCUT2D eigenvalue weighted by Gasteiger charge is -2.20. The minimum atomic E-state index is -3.42. The molecule has 0 radical (unpaired) electrons. The Morgan fingerprint density at radius 2 is 1.90 bits per heavy atom. The van der Waals surface area contributed by atoms with Crippen molar-refractivity contribution >= 4 is 16.0 Å². The molecule has 0 saturated heterocycles. The van der Waals surface area contributed by atoms with E-state index in [-0.39, 0.29) is 17.4 Å². The number of rotatable bonds is 7. The minimum absolute atomic E-state index is 0.0508. The fourth-order valence-electron chi connectivity index (χ4n) is 2.20. The largest absolute Gasteiger partial charge is 0.481 e. The van der Waals surface area contributed by atoms with Gasteiger partial charge in [-0.25, -0.2) is 8.42 Å². The highest BCUT2D eigenvalue weighted by Gasteiger charge is 2.36. The summed E-state index contributed by atoms with van der Waals surface area (Å²) in [5.74, 6) is -0.854. The first-order chi connectivity index (χ1) is 9.45. The number of hydrogen-bond donors (Lipinski definition) is 1. The van der Waals surface area contributed by atoms with Crippen molar-refractivity contribution in [2.45, 2.75) is 43.5 Å². The van der Waals surface area contributed by atoms with E-state index in [0.717, 1.165) is 18.4 Å². The molecular weight excluding hydrogens is 278 g/mol. The van der Waals surface area contributed by atoms with Gasteiger partial charge in [0.15, 0.2) is 0 Å². The molecule has 1 N–H and O–H groups in total. The predicted molar refractivity (Wildman–Crippen MR) is 75.0 cm³/mol. The molecule has 1 aliphatic rings. The van der Waals surface area contributed by atoms with Gasteiger partial charge in [-0.15, -0.1) is 0 Å². The van der Waals surface area contributed by atoms with Crippen molar-refractivity contribution in [1.29, 1.82) is 0 Å². The fourth-order valence-corrected chi connectivity index (χ4v) is 3.90. The van der Waals surface area contributed by atoms with Crippen LogP contribution in [0.15, 0.2) is 29.2 Å². The van der Waals surface area contributed by atoms with Crippen molar-refractivity contribution < 1.29 is 18.3 Å². The van der Waals surface area contributed by atoms with E-state index in [1.807, 2.05) is 6.92 Å². The first kappa shape index (κ1) is 15.0. The second kappa shape index (κ2) is 5.93. The SMILES string of the molecule is CCN(C1CC1)S(=O)(=O)c1ccc(CCC(=O)O)cc1. The number of benzene rings is 1. The van der Waals surface area contributed by atoms with Crippen LogP contribution in [0, 0.1) is 0 Å². The third kappa shape index (κ3) is 3.37. The maximum Gasteiger partial charge on any atom is 0.303 e. The maximum atomic E-state index is 12.5. The van der Waals surface area contributed by atoms with Crippen molar-refractivity contribution in [2.75, 3.05) is 6.54 Å². The number of carbonyl (C=O) groups is 1. The van der Waals surface area contributed by atoms with Crippen LogP contribution in [0.1, 0.15) is 31.7 Å². The van der Waals surface area contributed by atoms with Gasteiger partial charge < -0.3 is 5.11 Å². The van der Waals surface area contributed by atoms with Crippen molar-refractivity contribution in [2.24, 2.45) is 0 Å². The fraction of sp³-hybridized carbons (Fsp3) is 0.500. The third-order valence-electron chi connectivity index (χ3n) is 3.42. The molecule has 0 bridgehead atoms. The highest BCUT2D eigenvalue weighted by molar-refractivity contribution is 7.89. The summed E-state index contributed by atoms with van der Waals surface area (Å²) in [6, 6.07) is 6.67. The molecule has 0 unspecified atom stereocenters. The van der Waals surface area contributed by atoms with E-state index in [9.17, 15) is 13.2 Å². The lowest BCUT2D eigenvalue weighted by Crippen LogP contribution is -2.32. The summed E-state index contributed by atoms with van der Waals surface area (Å²) in [6.07, 6.45) is 2.33. The van der Waals surface area contributed by atoms with Crippen LogP contribution in [-0.2, 0) is 21.2 Å². The van der Waals surface area contributed by atoms with E-state index >= 15 is 0 Å². The Bertz CT molecular complexity index is 576. The van der Waals surface area contributed by atoms with E-state index in [1.165, 1.54) is 0 Å². The van der Waals surface area contributed by atoms with Crippen LogP contribution in [0.5, 0.6) is 0 Å². The van der Waals surface area contributed by atoms with Crippen LogP contribution < -0.4 is 0 Å². The van der Waals surface area contributed by atoms with Crippen LogP contribution in [-0.4, -0.2) is 36.4 Å². The summed E-state index contributed by atoms with van der Waals surface area (Å²) in [7, 11) is -3.42. The van der Waals surface area contributed by atoms with E-state index in [2.05, 4.69) is 0 Å². The molecular formula is C14H19NO4S. The highest BCUT2D eigenvalue weighted by atomic mass is 32.2. The zero-order chi connectivity index (χ0) is 14.8. The molecule has 1 saturated carbocycles. The molecule has 2 rings (SSSR count). The Kier molecular flexibility index (Phi) is 4.45. The number of hydrogen-bond acceptors (Lipinski definition) is 3. The molecule has 0 aromatic heterocycles. The zero-order valence-electron chi connectivity index (χ0n) is 11.4. The first-order valence-electron chi connectivity index (χ1n) is 6.77. The van der Waals surface area contributed by atoms with Gasteiger partial charge in [0.2, 0.25) is 10.0 Å². The molecule has 1 aromatic carbocycles. The van der Waals surface area contributed by atoms with Crippen LogP contribution in [0.2, 0.25) is 0 Å². The summed E-state index contributed by atoms with van der Waals surface area (Å²) in [6.45, 7) is 2.32. The van der Waals surface area contributed by atoms with E-state index < -0.39 is 16.0 Å². The van der Waals surface area contributed by atoms with Crippen LogP contribution in [0.25, 0.3) is 0 Å². The number of aliphatic carboxylic acids is 1. The summed E-state index contributed by atoms with van der Waals surface area (Å²) < 4.78 is 26.4. The molecule has 1 fully saturated rings. The summed E-state index contributed by atoms with van der Waals surface area (Å²) in [5.41, 5.74) is 0.834. The minimum Gasteiger partial charge on any atom is -0.481 e. The summed E-state index contributed by atoms with van der Waals surface area (Å²) in [4.78, 5) is 10.8. The summed E-state index contributed by atoms with van der Waals surface area (Å²) in [5, 5.41) is 8.63. The molecule has 0 atom stereocenters.